The van der Waals surface area contributed by atoms with E-state index in [1.165, 1.54) is 6.20 Å². The summed E-state index contributed by atoms with van der Waals surface area (Å²) in [5, 5.41) is 17.9. The monoisotopic (exact) mass is 291 g/mol. The lowest BCUT2D eigenvalue weighted by Crippen LogP contribution is -2.19. The standard InChI is InChI=1S/C13H17N5O3/c1-8-6-15-11(9(2)13(8)18(19)20)7-14-5-4-12-16-10(3)17-21-12/h6,14H,4-5,7H2,1-3H3. The van der Waals surface area contributed by atoms with Crippen molar-refractivity contribution in [3.8, 4) is 0 Å². The first-order valence-electron chi connectivity index (χ1n) is 6.58. The van der Waals surface area contributed by atoms with Crippen LogP contribution in [0.25, 0.3) is 0 Å². The Morgan fingerprint density at radius 2 is 2.14 bits per heavy atom. The van der Waals surface area contributed by atoms with Gasteiger partial charge in [-0.3, -0.25) is 15.1 Å². The van der Waals surface area contributed by atoms with E-state index in [4.69, 9.17) is 4.52 Å². The number of nitro groups is 1. The van der Waals surface area contributed by atoms with E-state index in [2.05, 4.69) is 20.4 Å². The van der Waals surface area contributed by atoms with Crippen molar-refractivity contribution in [3.63, 3.8) is 0 Å². The third-order valence-electron chi connectivity index (χ3n) is 3.14. The Hall–Kier alpha value is -2.35. The van der Waals surface area contributed by atoms with Crippen LogP contribution in [0.4, 0.5) is 5.69 Å². The number of nitrogens with one attached hydrogen (secondary N) is 1. The molecule has 0 amide bonds. The van der Waals surface area contributed by atoms with Crippen molar-refractivity contribution in [1.82, 2.24) is 20.4 Å². The summed E-state index contributed by atoms with van der Waals surface area (Å²) in [6.45, 7) is 6.26. The van der Waals surface area contributed by atoms with Crippen LogP contribution >= 0.6 is 0 Å². The van der Waals surface area contributed by atoms with Gasteiger partial charge < -0.3 is 9.84 Å². The largest absolute Gasteiger partial charge is 0.339 e. The number of nitrogens with zero attached hydrogens (tertiary/aromatic N) is 4. The van der Waals surface area contributed by atoms with Gasteiger partial charge in [-0.15, -0.1) is 0 Å². The third-order valence-corrected chi connectivity index (χ3v) is 3.14. The van der Waals surface area contributed by atoms with Gasteiger partial charge in [-0.05, 0) is 20.8 Å². The SMILES string of the molecule is Cc1noc(CCNCc2ncc(C)c([N+](=O)[O-])c2C)n1. The number of aromatic nitrogens is 3. The van der Waals surface area contributed by atoms with E-state index in [0.29, 0.717) is 48.0 Å². The molecule has 0 aromatic carbocycles. The topological polar surface area (TPSA) is 107 Å². The Morgan fingerprint density at radius 1 is 1.38 bits per heavy atom. The molecule has 112 valence electrons. The first-order chi connectivity index (χ1) is 9.99. The fraction of sp³-hybridized carbons (Fsp3) is 0.462. The highest BCUT2D eigenvalue weighted by atomic mass is 16.6. The molecule has 1 N–H and O–H groups in total. The predicted octanol–water partition coefficient (Wildman–Crippen LogP) is 1.63. The summed E-state index contributed by atoms with van der Waals surface area (Å²) in [6.07, 6.45) is 2.14. The number of aryl methyl sites for hydroxylation is 2. The van der Waals surface area contributed by atoms with Crippen LogP contribution in [-0.2, 0) is 13.0 Å². The first-order valence-corrected chi connectivity index (χ1v) is 6.58. The third kappa shape index (κ3) is 3.60. The fourth-order valence-corrected chi connectivity index (χ4v) is 2.07. The van der Waals surface area contributed by atoms with Crippen molar-refractivity contribution in [3.05, 3.63) is 44.8 Å². The molecule has 2 rings (SSSR count). The van der Waals surface area contributed by atoms with Crippen molar-refractivity contribution >= 4 is 5.69 Å². The number of hydrogen-bond acceptors (Lipinski definition) is 7. The summed E-state index contributed by atoms with van der Waals surface area (Å²) in [7, 11) is 0. The first kappa shape index (κ1) is 15.0. The van der Waals surface area contributed by atoms with Gasteiger partial charge in [0.2, 0.25) is 5.89 Å². The van der Waals surface area contributed by atoms with Gasteiger partial charge in [0, 0.05) is 36.8 Å². The number of hydrogen-bond donors (Lipinski definition) is 1. The summed E-state index contributed by atoms with van der Waals surface area (Å²) in [6, 6.07) is 0. The minimum atomic E-state index is -0.364. The molecule has 8 heteroatoms. The van der Waals surface area contributed by atoms with Gasteiger partial charge in [0.05, 0.1) is 10.6 Å². The van der Waals surface area contributed by atoms with Crippen LogP contribution in [0.3, 0.4) is 0 Å². The molecule has 2 aromatic heterocycles. The van der Waals surface area contributed by atoms with Crippen LogP contribution in [0.1, 0.15) is 28.5 Å². The molecule has 21 heavy (non-hydrogen) atoms. The second-order valence-corrected chi connectivity index (χ2v) is 4.78. The Balaban J connectivity index is 1.94. The lowest BCUT2D eigenvalue weighted by atomic mass is 10.1. The minimum absolute atomic E-state index is 0.134. The Labute approximate surface area is 121 Å². The predicted molar refractivity (Wildman–Crippen MR) is 74.8 cm³/mol. The van der Waals surface area contributed by atoms with Crippen molar-refractivity contribution in [2.45, 2.75) is 33.7 Å². The minimum Gasteiger partial charge on any atom is -0.339 e. The molecular formula is C13H17N5O3. The maximum absolute atomic E-state index is 11.0. The van der Waals surface area contributed by atoms with Crippen LogP contribution in [0.5, 0.6) is 0 Å². The van der Waals surface area contributed by atoms with Crippen LogP contribution in [0.2, 0.25) is 0 Å². The molecule has 0 unspecified atom stereocenters. The van der Waals surface area contributed by atoms with E-state index < -0.39 is 0 Å². The lowest BCUT2D eigenvalue weighted by molar-refractivity contribution is -0.386. The van der Waals surface area contributed by atoms with Gasteiger partial charge in [0.1, 0.15) is 0 Å². The second kappa shape index (κ2) is 6.40. The van der Waals surface area contributed by atoms with Crippen LogP contribution < -0.4 is 5.32 Å². The summed E-state index contributed by atoms with van der Waals surface area (Å²) in [5.74, 6) is 1.18. The molecule has 0 fully saturated rings. The van der Waals surface area contributed by atoms with Crippen molar-refractivity contribution < 1.29 is 9.45 Å². The lowest BCUT2D eigenvalue weighted by Gasteiger charge is -2.08. The molecule has 0 spiro atoms. The molecular weight excluding hydrogens is 274 g/mol. The fourth-order valence-electron chi connectivity index (χ4n) is 2.07. The average molecular weight is 291 g/mol. The molecule has 0 aliphatic carbocycles. The number of rotatable bonds is 6. The van der Waals surface area contributed by atoms with E-state index >= 15 is 0 Å². The highest BCUT2D eigenvalue weighted by molar-refractivity contribution is 5.47. The zero-order chi connectivity index (χ0) is 15.4. The van der Waals surface area contributed by atoms with E-state index in [1.54, 1.807) is 20.8 Å². The summed E-state index contributed by atoms with van der Waals surface area (Å²) in [4.78, 5) is 19.0. The normalized spacial score (nSPS) is 10.8. The van der Waals surface area contributed by atoms with Crippen LogP contribution in [-0.4, -0.2) is 26.6 Å². The van der Waals surface area contributed by atoms with E-state index in [9.17, 15) is 10.1 Å². The molecule has 0 saturated heterocycles. The maximum Gasteiger partial charge on any atom is 0.278 e. The van der Waals surface area contributed by atoms with E-state index in [-0.39, 0.29) is 10.6 Å². The van der Waals surface area contributed by atoms with Crippen molar-refractivity contribution in [2.75, 3.05) is 6.54 Å². The molecule has 0 bridgehead atoms. The Morgan fingerprint density at radius 3 is 2.76 bits per heavy atom. The molecule has 0 radical (unpaired) electrons. The van der Waals surface area contributed by atoms with Gasteiger partial charge in [0.25, 0.3) is 5.69 Å². The summed E-state index contributed by atoms with van der Waals surface area (Å²) >= 11 is 0. The average Bonchev–Trinajstić information content (AvgIpc) is 2.82. The highest BCUT2D eigenvalue weighted by Gasteiger charge is 2.18. The van der Waals surface area contributed by atoms with Crippen LogP contribution in [0.15, 0.2) is 10.7 Å². The number of pyridine rings is 1. The van der Waals surface area contributed by atoms with E-state index in [0.717, 1.165) is 0 Å². The molecule has 0 aliphatic heterocycles. The molecule has 8 nitrogen and oxygen atoms in total. The van der Waals surface area contributed by atoms with E-state index in [1.807, 2.05) is 0 Å². The molecule has 0 saturated carbocycles. The van der Waals surface area contributed by atoms with Crippen molar-refractivity contribution in [1.29, 1.82) is 0 Å². The zero-order valence-corrected chi connectivity index (χ0v) is 12.2. The van der Waals surface area contributed by atoms with Gasteiger partial charge >= 0.3 is 0 Å². The zero-order valence-electron chi connectivity index (χ0n) is 12.2. The molecule has 0 aliphatic rings. The smallest absolute Gasteiger partial charge is 0.278 e. The van der Waals surface area contributed by atoms with Gasteiger partial charge in [-0.1, -0.05) is 5.16 Å². The molecule has 2 heterocycles. The van der Waals surface area contributed by atoms with Crippen molar-refractivity contribution in [2.24, 2.45) is 0 Å². The van der Waals surface area contributed by atoms with Gasteiger partial charge in [0.15, 0.2) is 5.82 Å². The van der Waals surface area contributed by atoms with Gasteiger partial charge in [-0.25, -0.2) is 0 Å². The van der Waals surface area contributed by atoms with Gasteiger partial charge in [-0.2, -0.15) is 4.98 Å². The molecule has 0 atom stereocenters. The van der Waals surface area contributed by atoms with Crippen LogP contribution in [0, 0.1) is 30.9 Å². The quantitative estimate of drug-likeness (QED) is 0.489. The Bertz CT molecular complexity index is 653. The maximum atomic E-state index is 11.0. The summed E-state index contributed by atoms with van der Waals surface area (Å²) < 4.78 is 5.00. The Kier molecular flexibility index (Phi) is 4.59. The summed E-state index contributed by atoms with van der Waals surface area (Å²) in [5.41, 5.74) is 1.98. The molecule has 2 aromatic rings. The highest BCUT2D eigenvalue weighted by Crippen LogP contribution is 2.23. The second-order valence-electron chi connectivity index (χ2n) is 4.78.